The summed E-state index contributed by atoms with van der Waals surface area (Å²) in [7, 11) is 1.26. The first-order chi connectivity index (χ1) is 10.9. The molecule has 0 saturated heterocycles. The molecule has 1 aromatic carbocycles. The van der Waals surface area contributed by atoms with Gasteiger partial charge in [-0.2, -0.15) is 0 Å². The number of pyridine rings is 1. The highest BCUT2D eigenvalue weighted by Crippen LogP contribution is 2.27. The van der Waals surface area contributed by atoms with Crippen molar-refractivity contribution >= 4 is 17.6 Å². The van der Waals surface area contributed by atoms with Gasteiger partial charge in [0, 0.05) is 11.6 Å². The second-order valence-corrected chi connectivity index (χ2v) is 5.76. The monoisotopic (exact) mass is 337 g/mol. The fourth-order valence-corrected chi connectivity index (χ4v) is 2.15. The van der Waals surface area contributed by atoms with Gasteiger partial charge in [-0.15, -0.1) is 0 Å². The van der Waals surface area contributed by atoms with E-state index in [2.05, 4.69) is 9.72 Å². The molecule has 0 amide bonds. The Morgan fingerprint density at radius 3 is 2.65 bits per heavy atom. The fraction of sp³-hybridized carbons (Fsp3) is 0.294. The van der Waals surface area contributed by atoms with Crippen LogP contribution in [0.4, 0.5) is 4.39 Å². The van der Waals surface area contributed by atoms with E-state index in [0.717, 1.165) is 0 Å². The molecule has 0 unspecified atom stereocenters. The minimum atomic E-state index is -0.575. The third-order valence-corrected chi connectivity index (χ3v) is 3.29. The number of nitrogens with zero attached hydrogens (tertiary/aromatic N) is 1. The van der Waals surface area contributed by atoms with Crippen molar-refractivity contribution < 1.29 is 18.7 Å². The largest absolute Gasteiger partial charge is 0.493 e. The maximum absolute atomic E-state index is 13.8. The smallest absolute Gasteiger partial charge is 0.341 e. The maximum Gasteiger partial charge on any atom is 0.341 e. The number of ether oxygens (including phenoxy) is 2. The van der Waals surface area contributed by atoms with Crippen molar-refractivity contribution in [2.75, 3.05) is 13.7 Å². The van der Waals surface area contributed by atoms with Crippen molar-refractivity contribution in [3.8, 4) is 17.0 Å². The van der Waals surface area contributed by atoms with Crippen LogP contribution in [0.15, 0.2) is 30.3 Å². The highest BCUT2D eigenvalue weighted by molar-refractivity contribution is 6.32. The molecule has 1 aromatic heterocycles. The van der Waals surface area contributed by atoms with E-state index >= 15 is 0 Å². The number of hydrogen-bond donors (Lipinski definition) is 0. The molecule has 0 aliphatic heterocycles. The molecule has 0 radical (unpaired) electrons. The van der Waals surface area contributed by atoms with Crippen molar-refractivity contribution in [2.45, 2.75) is 13.8 Å². The highest BCUT2D eigenvalue weighted by Gasteiger charge is 2.14. The molecule has 0 aliphatic rings. The molecule has 122 valence electrons. The van der Waals surface area contributed by atoms with Crippen LogP contribution < -0.4 is 4.74 Å². The van der Waals surface area contributed by atoms with Crippen molar-refractivity contribution in [3.05, 3.63) is 46.9 Å². The Kier molecular flexibility index (Phi) is 5.55. The van der Waals surface area contributed by atoms with Gasteiger partial charge in [0.25, 0.3) is 0 Å². The van der Waals surface area contributed by atoms with Gasteiger partial charge in [0.15, 0.2) is 0 Å². The number of carbonyl (C=O) groups excluding carboxylic acids is 1. The summed E-state index contributed by atoms with van der Waals surface area (Å²) in [6, 6.07) is 7.41. The standard InChI is InChI=1S/C17H17ClFNO3/c1-10(2)9-23-13-7-11(6-12(19)8-13)15-5-4-14(16(18)20-15)17(21)22-3/h4-8,10H,9H2,1-3H3. The molecule has 2 rings (SSSR count). The minimum absolute atomic E-state index is 0.00302. The number of rotatable bonds is 5. The molecule has 0 saturated carbocycles. The normalized spacial score (nSPS) is 10.7. The molecule has 0 fully saturated rings. The maximum atomic E-state index is 13.8. The zero-order chi connectivity index (χ0) is 17.0. The lowest BCUT2D eigenvalue weighted by Gasteiger charge is -2.11. The molecule has 2 aromatic rings. The van der Waals surface area contributed by atoms with Gasteiger partial charge in [-0.3, -0.25) is 0 Å². The van der Waals surface area contributed by atoms with Crippen molar-refractivity contribution in [2.24, 2.45) is 5.92 Å². The molecule has 0 atom stereocenters. The number of halogens is 2. The molecular formula is C17H17ClFNO3. The molecule has 0 N–H and O–H groups in total. The lowest BCUT2D eigenvalue weighted by molar-refractivity contribution is 0.0600. The van der Waals surface area contributed by atoms with Gasteiger partial charge < -0.3 is 9.47 Å². The van der Waals surface area contributed by atoms with E-state index in [0.29, 0.717) is 29.5 Å². The predicted molar refractivity (Wildman–Crippen MR) is 86.3 cm³/mol. The van der Waals surface area contributed by atoms with E-state index < -0.39 is 11.8 Å². The SMILES string of the molecule is COC(=O)c1ccc(-c2cc(F)cc(OCC(C)C)c2)nc1Cl. The van der Waals surface area contributed by atoms with Gasteiger partial charge in [-0.05, 0) is 30.2 Å². The van der Waals surface area contributed by atoms with E-state index in [-0.39, 0.29) is 10.7 Å². The molecular weight excluding hydrogens is 321 g/mol. The predicted octanol–water partition coefficient (Wildman–Crippen LogP) is 4.36. The van der Waals surface area contributed by atoms with E-state index in [4.69, 9.17) is 16.3 Å². The molecule has 0 aliphatic carbocycles. The Balaban J connectivity index is 2.34. The summed E-state index contributed by atoms with van der Waals surface area (Å²) in [5.74, 6) is -0.261. The first-order valence-electron chi connectivity index (χ1n) is 7.09. The van der Waals surface area contributed by atoms with Gasteiger partial charge >= 0.3 is 5.97 Å². The highest BCUT2D eigenvalue weighted by atomic mass is 35.5. The van der Waals surface area contributed by atoms with Crippen LogP contribution >= 0.6 is 11.6 Å². The van der Waals surface area contributed by atoms with E-state index in [1.54, 1.807) is 12.1 Å². The van der Waals surface area contributed by atoms with Crippen LogP contribution in [0.3, 0.4) is 0 Å². The first kappa shape index (κ1) is 17.2. The van der Waals surface area contributed by atoms with E-state index in [9.17, 15) is 9.18 Å². The van der Waals surface area contributed by atoms with Crippen LogP contribution in [0, 0.1) is 11.7 Å². The molecule has 4 nitrogen and oxygen atoms in total. The summed E-state index contributed by atoms with van der Waals surface area (Å²) in [5, 5.41) is 0.00302. The number of carbonyl (C=O) groups is 1. The van der Waals surface area contributed by atoms with E-state index in [1.807, 2.05) is 13.8 Å². The van der Waals surface area contributed by atoms with Gasteiger partial charge in [-0.25, -0.2) is 14.2 Å². The molecule has 0 spiro atoms. The third-order valence-electron chi connectivity index (χ3n) is 3.00. The molecule has 1 heterocycles. The average molecular weight is 338 g/mol. The van der Waals surface area contributed by atoms with Gasteiger partial charge in [0.05, 0.1) is 25.0 Å². The summed E-state index contributed by atoms with van der Waals surface area (Å²) in [5.41, 5.74) is 1.12. The van der Waals surface area contributed by atoms with Crippen LogP contribution in [0.25, 0.3) is 11.3 Å². The van der Waals surface area contributed by atoms with Crippen molar-refractivity contribution in [3.63, 3.8) is 0 Å². The zero-order valence-electron chi connectivity index (χ0n) is 13.1. The molecule has 23 heavy (non-hydrogen) atoms. The Morgan fingerprint density at radius 1 is 1.30 bits per heavy atom. The summed E-state index contributed by atoms with van der Waals surface area (Å²) in [4.78, 5) is 15.6. The lowest BCUT2D eigenvalue weighted by Crippen LogP contribution is -2.05. The Labute approximate surface area is 139 Å². The minimum Gasteiger partial charge on any atom is -0.493 e. The Hall–Kier alpha value is -2.14. The van der Waals surface area contributed by atoms with Gasteiger partial charge in [0.2, 0.25) is 0 Å². The van der Waals surface area contributed by atoms with Crippen LogP contribution in [0.5, 0.6) is 5.75 Å². The summed E-state index contributed by atoms with van der Waals surface area (Å²) < 4.78 is 23.9. The van der Waals surface area contributed by atoms with E-state index in [1.165, 1.54) is 25.3 Å². The molecule has 6 heteroatoms. The van der Waals surface area contributed by atoms with Crippen molar-refractivity contribution in [1.82, 2.24) is 4.98 Å². The fourth-order valence-electron chi connectivity index (χ4n) is 1.91. The van der Waals surface area contributed by atoms with Crippen LogP contribution in [0.1, 0.15) is 24.2 Å². The molecule has 0 bridgehead atoms. The Bertz CT molecular complexity index is 719. The quantitative estimate of drug-likeness (QED) is 0.600. The number of hydrogen-bond acceptors (Lipinski definition) is 4. The average Bonchev–Trinajstić information content (AvgIpc) is 2.51. The van der Waals surface area contributed by atoms with Crippen LogP contribution in [0.2, 0.25) is 5.15 Å². The summed E-state index contributed by atoms with van der Waals surface area (Å²) in [6.07, 6.45) is 0. The Morgan fingerprint density at radius 2 is 2.04 bits per heavy atom. The number of methoxy groups -OCH3 is 1. The van der Waals surface area contributed by atoms with Crippen LogP contribution in [-0.4, -0.2) is 24.7 Å². The lowest BCUT2D eigenvalue weighted by atomic mass is 10.1. The second-order valence-electron chi connectivity index (χ2n) is 5.41. The van der Waals surface area contributed by atoms with Gasteiger partial charge in [-0.1, -0.05) is 25.4 Å². The second kappa shape index (κ2) is 7.42. The number of aromatic nitrogens is 1. The van der Waals surface area contributed by atoms with Crippen molar-refractivity contribution in [1.29, 1.82) is 0 Å². The number of esters is 1. The van der Waals surface area contributed by atoms with Gasteiger partial charge in [0.1, 0.15) is 16.7 Å². The van der Waals surface area contributed by atoms with Crippen LogP contribution in [-0.2, 0) is 4.74 Å². The number of benzene rings is 1. The summed E-state index contributed by atoms with van der Waals surface area (Å²) >= 11 is 6.00. The summed E-state index contributed by atoms with van der Waals surface area (Å²) in [6.45, 7) is 4.50. The zero-order valence-corrected chi connectivity index (χ0v) is 13.9. The third kappa shape index (κ3) is 4.42. The first-order valence-corrected chi connectivity index (χ1v) is 7.47. The topological polar surface area (TPSA) is 48.4 Å².